The van der Waals surface area contributed by atoms with Gasteiger partial charge in [0.05, 0.1) is 0 Å². The molecule has 0 bridgehead atoms. The van der Waals surface area contributed by atoms with Gasteiger partial charge in [-0.25, -0.2) is 0 Å². The van der Waals surface area contributed by atoms with E-state index in [2.05, 4.69) is 0 Å². The number of allylic oxidation sites excluding steroid dienone is 4. The van der Waals surface area contributed by atoms with Gasteiger partial charge in [0.15, 0.2) is 11.6 Å². The van der Waals surface area contributed by atoms with Crippen molar-refractivity contribution in [3.8, 4) is 0 Å². The molecule has 144 valence electrons. The summed E-state index contributed by atoms with van der Waals surface area (Å²) in [5, 5.41) is 1.25. The molecule has 1 atom stereocenters. The average molecular weight is 403 g/mol. The third-order valence-corrected chi connectivity index (χ3v) is 7.30. The first-order valence-corrected chi connectivity index (χ1v) is 11.0. The van der Waals surface area contributed by atoms with Crippen LogP contribution in [0.1, 0.15) is 68.3 Å². The second-order valence-electron chi connectivity index (χ2n) is 7.79. The summed E-state index contributed by atoms with van der Waals surface area (Å²) in [5.41, 5.74) is 3.77. The topological polar surface area (TPSA) is 34.1 Å². The van der Waals surface area contributed by atoms with Crippen LogP contribution in [-0.4, -0.2) is 16.8 Å². The minimum absolute atomic E-state index is 0.0788. The molecule has 0 spiro atoms. The van der Waals surface area contributed by atoms with Crippen LogP contribution in [0.5, 0.6) is 0 Å². The molecule has 1 unspecified atom stereocenters. The van der Waals surface area contributed by atoms with E-state index in [-0.39, 0.29) is 17.5 Å². The molecular weight excluding hydrogens is 376 g/mol. The molecule has 0 aromatic heterocycles. The summed E-state index contributed by atoms with van der Waals surface area (Å²) in [6.07, 6.45) is 9.70. The molecule has 0 saturated heterocycles. The van der Waals surface area contributed by atoms with E-state index in [1.807, 2.05) is 44.7 Å². The summed E-state index contributed by atoms with van der Waals surface area (Å²) in [4.78, 5) is 26.3. The molecule has 0 aliphatic heterocycles. The van der Waals surface area contributed by atoms with Crippen LogP contribution in [0.3, 0.4) is 0 Å². The van der Waals surface area contributed by atoms with E-state index in [9.17, 15) is 9.59 Å². The highest BCUT2D eigenvalue weighted by Gasteiger charge is 2.24. The van der Waals surface area contributed by atoms with Crippen molar-refractivity contribution in [2.45, 2.75) is 69.4 Å². The molecule has 27 heavy (non-hydrogen) atoms. The number of rotatable bonds is 6. The molecule has 1 saturated carbocycles. The van der Waals surface area contributed by atoms with Gasteiger partial charge in [-0.05, 0) is 69.4 Å². The Bertz CT molecular complexity index is 816. The van der Waals surface area contributed by atoms with Crippen LogP contribution >= 0.6 is 23.4 Å². The lowest BCUT2D eigenvalue weighted by atomic mass is 9.84. The zero-order valence-electron chi connectivity index (χ0n) is 16.3. The monoisotopic (exact) mass is 402 g/mol. The largest absolute Gasteiger partial charge is 0.294 e. The number of benzene rings is 1. The summed E-state index contributed by atoms with van der Waals surface area (Å²) in [6.45, 7) is 5.93. The van der Waals surface area contributed by atoms with Gasteiger partial charge in [0.1, 0.15) is 0 Å². The van der Waals surface area contributed by atoms with Gasteiger partial charge in [-0.1, -0.05) is 36.1 Å². The zero-order valence-corrected chi connectivity index (χ0v) is 17.9. The normalized spacial score (nSPS) is 20.6. The van der Waals surface area contributed by atoms with Crippen LogP contribution in [0.25, 0.3) is 0 Å². The number of hydrogen-bond donors (Lipinski definition) is 0. The highest BCUT2D eigenvalue weighted by Crippen LogP contribution is 2.38. The van der Waals surface area contributed by atoms with Crippen molar-refractivity contribution in [3.63, 3.8) is 0 Å². The van der Waals surface area contributed by atoms with E-state index in [0.29, 0.717) is 28.7 Å². The number of carbonyl (C=O) groups is 2. The zero-order chi connectivity index (χ0) is 19.6. The Morgan fingerprint density at radius 3 is 2.52 bits per heavy atom. The number of ketones is 2. The van der Waals surface area contributed by atoms with Crippen molar-refractivity contribution >= 4 is 34.9 Å². The van der Waals surface area contributed by atoms with E-state index in [4.69, 9.17) is 11.6 Å². The standard InChI is InChI=1S/C23H27ClO2S/c1-14-10-15(2)19(22(26)11-14)8-9-21(25)20-12-17(24)13-23(16(20)3)27-18-6-4-5-7-18/h10-13,18-19H,4-9H2,1-3H3. The minimum Gasteiger partial charge on any atom is -0.294 e. The number of halogens is 1. The quantitative estimate of drug-likeness (QED) is 0.494. The number of Topliss-reactive ketones (excluding diaryl/α,β-unsaturated/α-hetero) is 1. The SMILES string of the molecule is CC1=CC(=O)C(CCC(=O)c2cc(Cl)cc(SC3CCCC3)c2C)C(C)=C1. The summed E-state index contributed by atoms with van der Waals surface area (Å²) < 4.78 is 0. The van der Waals surface area contributed by atoms with E-state index >= 15 is 0 Å². The van der Waals surface area contributed by atoms with Crippen LogP contribution < -0.4 is 0 Å². The van der Waals surface area contributed by atoms with Gasteiger partial charge in [-0.15, -0.1) is 11.8 Å². The van der Waals surface area contributed by atoms with Gasteiger partial charge in [0, 0.05) is 33.1 Å². The molecule has 4 heteroatoms. The van der Waals surface area contributed by atoms with Crippen molar-refractivity contribution in [1.82, 2.24) is 0 Å². The maximum atomic E-state index is 12.9. The smallest absolute Gasteiger partial charge is 0.163 e. The number of thioether (sulfide) groups is 1. The average Bonchev–Trinajstić information content (AvgIpc) is 3.09. The van der Waals surface area contributed by atoms with Crippen molar-refractivity contribution in [2.75, 3.05) is 0 Å². The fourth-order valence-electron chi connectivity index (χ4n) is 4.08. The molecule has 2 aliphatic rings. The Balaban J connectivity index is 1.72. The van der Waals surface area contributed by atoms with Gasteiger partial charge in [0.25, 0.3) is 0 Å². The Hall–Kier alpha value is -1.32. The molecule has 1 fully saturated rings. The van der Waals surface area contributed by atoms with Gasteiger partial charge >= 0.3 is 0 Å². The second-order valence-corrected chi connectivity index (χ2v) is 9.57. The fraction of sp³-hybridized carbons (Fsp3) is 0.478. The Morgan fingerprint density at radius 2 is 1.85 bits per heavy atom. The van der Waals surface area contributed by atoms with Crippen LogP contribution in [0.15, 0.2) is 40.3 Å². The third kappa shape index (κ3) is 4.94. The lowest BCUT2D eigenvalue weighted by molar-refractivity contribution is -0.117. The Labute approximate surface area is 171 Å². The molecule has 0 radical (unpaired) electrons. The molecule has 0 amide bonds. The van der Waals surface area contributed by atoms with Gasteiger partial charge in [-0.3, -0.25) is 9.59 Å². The van der Waals surface area contributed by atoms with Crippen molar-refractivity contribution in [2.24, 2.45) is 5.92 Å². The molecule has 0 N–H and O–H groups in total. The highest BCUT2D eigenvalue weighted by molar-refractivity contribution is 8.00. The van der Waals surface area contributed by atoms with E-state index in [1.165, 1.54) is 25.7 Å². The van der Waals surface area contributed by atoms with Crippen LogP contribution in [0.4, 0.5) is 0 Å². The van der Waals surface area contributed by atoms with Crippen LogP contribution in [0, 0.1) is 12.8 Å². The molecule has 2 nitrogen and oxygen atoms in total. The predicted octanol–water partition coefficient (Wildman–Crippen LogP) is 6.74. The van der Waals surface area contributed by atoms with Gasteiger partial charge < -0.3 is 0 Å². The summed E-state index contributed by atoms with van der Waals surface area (Å²) >= 11 is 8.19. The Kier molecular flexibility index (Phi) is 6.65. The van der Waals surface area contributed by atoms with Crippen molar-refractivity contribution in [1.29, 1.82) is 0 Å². The summed E-state index contributed by atoms with van der Waals surface area (Å²) in [5.74, 6) is 0.0141. The van der Waals surface area contributed by atoms with Crippen LogP contribution in [-0.2, 0) is 4.79 Å². The van der Waals surface area contributed by atoms with Gasteiger partial charge in [-0.2, -0.15) is 0 Å². The third-order valence-electron chi connectivity index (χ3n) is 5.60. The first-order chi connectivity index (χ1) is 12.8. The summed E-state index contributed by atoms with van der Waals surface area (Å²) in [7, 11) is 0. The lowest BCUT2D eigenvalue weighted by Crippen LogP contribution is -2.18. The van der Waals surface area contributed by atoms with Crippen molar-refractivity contribution in [3.05, 3.63) is 51.6 Å². The maximum Gasteiger partial charge on any atom is 0.163 e. The number of hydrogen-bond acceptors (Lipinski definition) is 3. The van der Waals surface area contributed by atoms with Crippen molar-refractivity contribution < 1.29 is 9.59 Å². The first kappa shape index (κ1) is 20.4. The first-order valence-electron chi connectivity index (χ1n) is 9.75. The second kappa shape index (κ2) is 8.79. The molecule has 1 aromatic rings. The number of carbonyl (C=O) groups excluding carboxylic acids is 2. The van der Waals surface area contributed by atoms with E-state index < -0.39 is 0 Å². The molecular formula is C23H27ClO2S. The molecule has 1 aromatic carbocycles. The highest BCUT2D eigenvalue weighted by atomic mass is 35.5. The Morgan fingerprint density at radius 1 is 1.15 bits per heavy atom. The predicted molar refractivity (Wildman–Crippen MR) is 114 cm³/mol. The molecule has 2 aliphatic carbocycles. The van der Waals surface area contributed by atoms with Gasteiger partial charge in [0.2, 0.25) is 0 Å². The van der Waals surface area contributed by atoms with E-state index in [1.54, 1.807) is 12.1 Å². The molecule has 3 rings (SSSR count). The minimum atomic E-state index is -0.176. The van der Waals surface area contributed by atoms with Crippen LogP contribution in [0.2, 0.25) is 5.02 Å². The molecule has 0 heterocycles. The summed E-state index contributed by atoms with van der Waals surface area (Å²) in [6, 6.07) is 3.77. The fourth-order valence-corrected chi connectivity index (χ4v) is 5.78. The lowest BCUT2D eigenvalue weighted by Gasteiger charge is -2.19. The maximum absolute atomic E-state index is 12.9. The van der Waals surface area contributed by atoms with E-state index in [0.717, 1.165) is 21.6 Å².